The molecule has 2 heteroatoms. The van der Waals surface area contributed by atoms with Gasteiger partial charge >= 0.3 is 0 Å². The van der Waals surface area contributed by atoms with Crippen LogP contribution < -0.4 is 5.32 Å². The van der Waals surface area contributed by atoms with Crippen LogP contribution in [-0.4, -0.2) is 5.91 Å². The number of amides is 1. The summed E-state index contributed by atoms with van der Waals surface area (Å²) >= 11 is 0. The normalized spacial score (nSPS) is 12.8. The van der Waals surface area contributed by atoms with E-state index in [1.165, 1.54) is 63.9 Å². The summed E-state index contributed by atoms with van der Waals surface area (Å²) in [5.41, 5.74) is 1.15. The minimum absolute atomic E-state index is 0.160. The zero-order valence-electron chi connectivity index (χ0n) is 14.0. The summed E-state index contributed by atoms with van der Waals surface area (Å²) in [7, 11) is 0. The highest BCUT2D eigenvalue weighted by atomic mass is 16.1. The SMILES string of the molecule is C=CC(=O)N/C=C(\C=C)C(CCCCC)CCCCCC. The van der Waals surface area contributed by atoms with Crippen LogP contribution in [0.5, 0.6) is 0 Å². The molecule has 21 heavy (non-hydrogen) atoms. The van der Waals surface area contributed by atoms with Gasteiger partial charge in [-0.1, -0.05) is 78.0 Å². The minimum atomic E-state index is -0.160. The molecule has 0 spiro atoms. The van der Waals surface area contributed by atoms with Crippen molar-refractivity contribution in [3.63, 3.8) is 0 Å². The third-order valence-electron chi connectivity index (χ3n) is 3.84. The molecule has 120 valence electrons. The van der Waals surface area contributed by atoms with Gasteiger partial charge in [0.1, 0.15) is 0 Å². The third-order valence-corrected chi connectivity index (χ3v) is 3.84. The van der Waals surface area contributed by atoms with Crippen molar-refractivity contribution in [2.45, 2.75) is 71.6 Å². The smallest absolute Gasteiger partial charge is 0.247 e. The second kappa shape index (κ2) is 13.7. The summed E-state index contributed by atoms with van der Waals surface area (Å²) in [5.74, 6) is 0.351. The van der Waals surface area contributed by atoms with E-state index in [-0.39, 0.29) is 5.91 Å². The van der Waals surface area contributed by atoms with Crippen LogP contribution in [0, 0.1) is 5.92 Å². The molecule has 2 nitrogen and oxygen atoms in total. The zero-order valence-corrected chi connectivity index (χ0v) is 14.0. The first-order chi connectivity index (χ1) is 10.2. The molecule has 1 unspecified atom stereocenters. The van der Waals surface area contributed by atoms with E-state index in [1.54, 1.807) is 0 Å². The molecule has 0 saturated heterocycles. The second-order valence-corrected chi connectivity index (χ2v) is 5.60. The lowest BCUT2D eigenvalue weighted by Gasteiger charge is -2.18. The summed E-state index contributed by atoms with van der Waals surface area (Å²) in [6.07, 6.45) is 16.2. The van der Waals surface area contributed by atoms with Crippen LogP contribution in [0.15, 0.2) is 37.1 Å². The lowest BCUT2D eigenvalue weighted by atomic mass is 9.88. The average molecular weight is 291 g/mol. The van der Waals surface area contributed by atoms with Crippen molar-refractivity contribution >= 4 is 5.91 Å². The molecular formula is C19H33NO. The maximum atomic E-state index is 11.3. The third kappa shape index (κ3) is 10.1. The Balaban J connectivity index is 4.57. The summed E-state index contributed by atoms with van der Waals surface area (Å²) in [6, 6.07) is 0. The molecule has 0 aromatic rings. The number of rotatable bonds is 13. The van der Waals surface area contributed by atoms with Crippen molar-refractivity contribution in [2.75, 3.05) is 0 Å². The molecule has 1 amide bonds. The van der Waals surface area contributed by atoms with Crippen LogP contribution in [0.1, 0.15) is 71.6 Å². The van der Waals surface area contributed by atoms with E-state index < -0.39 is 0 Å². The predicted molar refractivity (Wildman–Crippen MR) is 93.0 cm³/mol. The highest BCUT2D eigenvalue weighted by Crippen LogP contribution is 2.25. The van der Waals surface area contributed by atoms with E-state index in [4.69, 9.17) is 0 Å². The first kappa shape index (κ1) is 19.7. The number of nitrogens with one attached hydrogen (secondary N) is 1. The first-order valence-corrected chi connectivity index (χ1v) is 8.44. The predicted octanol–water partition coefficient (Wildman–Crippen LogP) is 5.53. The standard InChI is InChI=1S/C19H33NO/c1-5-9-11-13-15-18(14-12-10-6-2)17(7-3)16-20-19(21)8-4/h7-8,16,18H,3-6,9-15H2,1-2H3,(H,20,21)/b17-16+. The maximum absolute atomic E-state index is 11.3. The van der Waals surface area contributed by atoms with Crippen molar-refractivity contribution < 1.29 is 4.79 Å². The summed E-state index contributed by atoms with van der Waals surface area (Å²) in [4.78, 5) is 11.3. The van der Waals surface area contributed by atoms with Gasteiger partial charge in [0, 0.05) is 6.20 Å². The Morgan fingerprint density at radius 1 is 0.952 bits per heavy atom. The van der Waals surface area contributed by atoms with Crippen LogP contribution in [0.25, 0.3) is 0 Å². The molecule has 0 rings (SSSR count). The molecule has 1 N–H and O–H groups in total. The Hall–Kier alpha value is -1.31. The van der Waals surface area contributed by atoms with Crippen LogP contribution in [0.2, 0.25) is 0 Å². The van der Waals surface area contributed by atoms with E-state index >= 15 is 0 Å². The molecule has 0 aliphatic rings. The number of allylic oxidation sites excluding steroid dienone is 2. The molecular weight excluding hydrogens is 258 g/mol. The Labute approximate surface area is 131 Å². The van der Waals surface area contributed by atoms with Crippen molar-refractivity contribution in [1.82, 2.24) is 5.32 Å². The zero-order chi connectivity index (χ0) is 15.9. The molecule has 0 heterocycles. The fraction of sp³-hybridized carbons (Fsp3) is 0.632. The van der Waals surface area contributed by atoms with Gasteiger partial charge in [0.25, 0.3) is 0 Å². The van der Waals surface area contributed by atoms with Gasteiger partial charge in [0.05, 0.1) is 0 Å². The molecule has 1 atom stereocenters. The quantitative estimate of drug-likeness (QED) is 0.270. The number of unbranched alkanes of at least 4 members (excludes halogenated alkanes) is 5. The second-order valence-electron chi connectivity index (χ2n) is 5.60. The Morgan fingerprint density at radius 3 is 2.05 bits per heavy atom. The van der Waals surface area contributed by atoms with Crippen molar-refractivity contribution in [2.24, 2.45) is 5.92 Å². The van der Waals surface area contributed by atoms with Crippen LogP contribution in [-0.2, 0) is 4.79 Å². The maximum Gasteiger partial charge on any atom is 0.247 e. The van der Waals surface area contributed by atoms with E-state index in [9.17, 15) is 4.79 Å². The fourth-order valence-electron chi connectivity index (χ4n) is 2.49. The highest BCUT2D eigenvalue weighted by Gasteiger charge is 2.12. The van der Waals surface area contributed by atoms with E-state index in [0.717, 1.165) is 5.57 Å². The van der Waals surface area contributed by atoms with E-state index in [2.05, 4.69) is 32.3 Å². The number of carbonyl (C=O) groups excluding carboxylic acids is 1. The average Bonchev–Trinajstić information content (AvgIpc) is 2.51. The van der Waals surface area contributed by atoms with Gasteiger partial charge in [0.2, 0.25) is 5.91 Å². The number of hydrogen-bond acceptors (Lipinski definition) is 1. The van der Waals surface area contributed by atoms with Crippen molar-refractivity contribution in [3.05, 3.63) is 37.1 Å². The van der Waals surface area contributed by atoms with Gasteiger partial charge in [0.15, 0.2) is 0 Å². The van der Waals surface area contributed by atoms with Gasteiger partial charge in [-0.05, 0) is 30.4 Å². The molecule has 0 radical (unpaired) electrons. The van der Waals surface area contributed by atoms with E-state index in [1.807, 2.05) is 12.3 Å². The summed E-state index contributed by atoms with van der Waals surface area (Å²) < 4.78 is 0. The molecule has 0 fully saturated rings. The monoisotopic (exact) mass is 291 g/mol. The van der Waals surface area contributed by atoms with Gasteiger partial charge in [-0.2, -0.15) is 0 Å². The molecule has 0 aromatic carbocycles. The molecule has 0 saturated carbocycles. The van der Waals surface area contributed by atoms with E-state index in [0.29, 0.717) is 5.92 Å². The van der Waals surface area contributed by atoms with Crippen molar-refractivity contribution in [3.8, 4) is 0 Å². The van der Waals surface area contributed by atoms with Gasteiger partial charge < -0.3 is 5.32 Å². The lowest BCUT2D eigenvalue weighted by Crippen LogP contribution is -2.16. The number of carbonyl (C=O) groups is 1. The molecule has 0 aromatic heterocycles. The van der Waals surface area contributed by atoms with Gasteiger partial charge in [-0.3, -0.25) is 4.79 Å². The largest absolute Gasteiger partial charge is 0.329 e. The lowest BCUT2D eigenvalue weighted by molar-refractivity contribution is -0.115. The summed E-state index contributed by atoms with van der Waals surface area (Å²) in [5, 5.41) is 2.77. The van der Waals surface area contributed by atoms with Gasteiger partial charge in [-0.25, -0.2) is 0 Å². The fourth-order valence-corrected chi connectivity index (χ4v) is 2.49. The molecule has 0 bridgehead atoms. The Bertz CT molecular complexity index is 330. The number of hydrogen-bond donors (Lipinski definition) is 1. The van der Waals surface area contributed by atoms with Gasteiger partial charge in [-0.15, -0.1) is 0 Å². The molecule has 0 aliphatic carbocycles. The van der Waals surface area contributed by atoms with Crippen LogP contribution >= 0.6 is 0 Å². The molecule has 0 aliphatic heterocycles. The van der Waals surface area contributed by atoms with Crippen molar-refractivity contribution in [1.29, 1.82) is 0 Å². The topological polar surface area (TPSA) is 29.1 Å². The van der Waals surface area contributed by atoms with Crippen LogP contribution in [0.4, 0.5) is 0 Å². The first-order valence-electron chi connectivity index (χ1n) is 8.44. The Morgan fingerprint density at radius 2 is 1.52 bits per heavy atom. The minimum Gasteiger partial charge on any atom is -0.329 e. The summed E-state index contributed by atoms with van der Waals surface area (Å²) in [6.45, 7) is 11.8. The highest BCUT2D eigenvalue weighted by molar-refractivity contribution is 5.87. The van der Waals surface area contributed by atoms with Crippen LogP contribution in [0.3, 0.4) is 0 Å². The Kier molecular flexibility index (Phi) is 12.8.